The van der Waals surface area contributed by atoms with Crippen LogP contribution in [0.2, 0.25) is 0 Å². The van der Waals surface area contributed by atoms with E-state index < -0.39 is 18.0 Å². The van der Waals surface area contributed by atoms with Gasteiger partial charge >= 0.3 is 5.97 Å². The van der Waals surface area contributed by atoms with Gasteiger partial charge in [-0.25, -0.2) is 4.79 Å². The lowest BCUT2D eigenvalue weighted by atomic mass is 9.43. The quantitative estimate of drug-likeness (QED) is 0.465. The van der Waals surface area contributed by atoms with Crippen molar-refractivity contribution in [3.05, 3.63) is 35.9 Å². The Bertz CT molecular complexity index is 1110. The Kier molecular flexibility index (Phi) is 6.51. The van der Waals surface area contributed by atoms with Crippen LogP contribution in [0, 0.1) is 52.3 Å². The van der Waals surface area contributed by atoms with Gasteiger partial charge in [0.1, 0.15) is 6.10 Å². The normalized spacial score (nSPS) is 53.3. The number of aliphatic hydroxyl groups is 2. The first kappa shape index (κ1) is 27.4. The fourth-order valence-electron chi connectivity index (χ4n) is 11.2. The zero-order valence-electron chi connectivity index (χ0n) is 24.6. The summed E-state index contributed by atoms with van der Waals surface area (Å²) in [6, 6.07) is 9.26. The van der Waals surface area contributed by atoms with Crippen LogP contribution in [0.5, 0.6) is 0 Å². The molecule has 6 aliphatic rings. The van der Waals surface area contributed by atoms with Crippen molar-refractivity contribution in [3.8, 4) is 0 Å². The molecule has 0 radical (unpaired) electrons. The molecular weight excluding hydrogens is 504 g/mol. The maximum atomic E-state index is 13.3. The molecule has 6 nitrogen and oxygen atoms in total. The Morgan fingerprint density at radius 2 is 1.70 bits per heavy atom. The first-order chi connectivity index (χ1) is 19.1. The van der Waals surface area contributed by atoms with Gasteiger partial charge in [-0.05, 0) is 97.5 Å². The van der Waals surface area contributed by atoms with Gasteiger partial charge in [-0.3, -0.25) is 0 Å². The molecule has 1 aromatic rings. The number of rotatable bonds is 2. The summed E-state index contributed by atoms with van der Waals surface area (Å²) in [5, 5.41) is 21.6. The highest BCUT2D eigenvalue weighted by atomic mass is 16.7. The third-order valence-corrected chi connectivity index (χ3v) is 13.2. The lowest BCUT2D eigenvalue weighted by Gasteiger charge is -2.63. The number of esters is 1. The van der Waals surface area contributed by atoms with Gasteiger partial charge in [-0.15, -0.1) is 0 Å². The number of carbonyl (C=O) groups excluding carboxylic acids is 1. The molecule has 7 rings (SSSR count). The van der Waals surface area contributed by atoms with Crippen LogP contribution in [0.3, 0.4) is 0 Å². The third kappa shape index (κ3) is 3.92. The van der Waals surface area contributed by atoms with E-state index in [0.29, 0.717) is 53.9 Å². The number of fused-ring (bicyclic) bond motifs is 7. The Labute approximate surface area is 239 Å². The standard InChI is InChI=1S/C34H48O6/c1-19-10-13-34(38-18-19)20(2)30-29(40-34)16-24-22-14-28(39-31(37)21-8-6-5-7-9-21)25-15-26(35)27(36)17-33(25,4)23(22)11-12-32(24,30)3/h5-9,19-20,22-30,35-36H,10-18H2,1-4H3/t19-,20-,22-,23-,24+,25-,26+,27+,28+,29-,30-,32-,33+,34-/m0/s1. The van der Waals surface area contributed by atoms with Crippen molar-refractivity contribution in [3.63, 3.8) is 0 Å². The zero-order valence-corrected chi connectivity index (χ0v) is 24.6. The molecule has 6 heteroatoms. The smallest absolute Gasteiger partial charge is 0.338 e. The minimum absolute atomic E-state index is 0.0427. The lowest BCUT2D eigenvalue weighted by Crippen LogP contribution is -2.61. The van der Waals surface area contributed by atoms with Crippen LogP contribution in [-0.4, -0.2) is 53.0 Å². The van der Waals surface area contributed by atoms with Gasteiger partial charge in [0.25, 0.3) is 0 Å². The summed E-state index contributed by atoms with van der Waals surface area (Å²) >= 11 is 0. The highest BCUT2D eigenvalue weighted by molar-refractivity contribution is 5.89. The van der Waals surface area contributed by atoms with Crippen molar-refractivity contribution in [1.82, 2.24) is 0 Å². The molecular formula is C34H48O6. The summed E-state index contributed by atoms with van der Waals surface area (Å²) in [6.07, 6.45) is 5.82. The highest BCUT2D eigenvalue weighted by Crippen LogP contribution is 2.71. The second kappa shape index (κ2) is 9.52. The van der Waals surface area contributed by atoms with E-state index in [-0.39, 0.29) is 34.9 Å². The average molecular weight is 553 g/mol. The molecule has 1 aromatic carbocycles. The molecule has 40 heavy (non-hydrogen) atoms. The molecule has 1 spiro atoms. The summed E-state index contributed by atoms with van der Waals surface area (Å²) in [5.41, 5.74) is 0.546. The molecule has 2 saturated heterocycles. The maximum Gasteiger partial charge on any atom is 0.338 e. The Hall–Kier alpha value is -1.47. The van der Waals surface area contributed by atoms with Crippen LogP contribution in [-0.2, 0) is 14.2 Å². The van der Waals surface area contributed by atoms with Gasteiger partial charge in [0.15, 0.2) is 5.79 Å². The second-order valence-corrected chi connectivity index (χ2v) is 15.1. The van der Waals surface area contributed by atoms with E-state index in [0.717, 1.165) is 45.1 Å². The molecule has 2 aliphatic heterocycles. The number of ether oxygens (including phenoxy) is 3. The lowest BCUT2D eigenvalue weighted by molar-refractivity contribution is -0.273. The first-order valence-corrected chi connectivity index (χ1v) is 16.0. The predicted octanol–water partition coefficient (Wildman–Crippen LogP) is 5.60. The van der Waals surface area contributed by atoms with Crippen LogP contribution < -0.4 is 0 Å². The predicted molar refractivity (Wildman–Crippen MR) is 150 cm³/mol. The molecule has 14 atom stereocenters. The number of aliphatic hydroxyl groups excluding tert-OH is 2. The van der Waals surface area contributed by atoms with Crippen molar-refractivity contribution < 1.29 is 29.2 Å². The zero-order chi connectivity index (χ0) is 28.0. The van der Waals surface area contributed by atoms with E-state index in [2.05, 4.69) is 27.7 Å². The van der Waals surface area contributed by atoms with Crippen LogP contribution in [0.4, 0.5) is 0 Å². The summed E-state index contributed by atoms with van der Waals surface area (Å²) in [5.74, 6) is 2.11. The minimum Gasteiger partial charge on any atom is -0.458 e. The average Bonchev–Trinajstić information content (AvgIpc) is 3.38. The van der Waals surface area contributed by atoms with Gasteiger partial charge in [-0.1, -0.05) is 45.9 Å². The van der Waals surface area contributed by atoms with Crippen LogP contribution in [0.25, 0.3) is 0 Å². The number of hydrogen-bond acceptors (Lipinski definition) is 6. The number of carbonyl (C=O) groups is 1. The van der Waals surface area contributed by atoms with E-state index >= 15 is 0 Å². The van der Waals surface area contributed by atoms with Crippen LogP contribution in [0.15, 0.2) is 30.3 Å². The summed E-state index contributed by atoms with van der Waals surface area (Å²) in [4.78, 5) is 13.3. The van der Waals surface area contributed by atoms with Gasteiger partial charge in [0.2, 0.25) is 0 Å². The molecule has 6 fully saturated rings. The fraction of sp³-hybridized carbons (Fsp3) is 0.794. The molecule has 0 bridgehead atoms. The number of hydrogen-bond donors (Lipinski definition) is 2. The molecule has 0 amide bonds. The van der Waals surface area contributed by atoms with Crippen molar-refractivity contribution in [2.24, 2.45) is 52.3 Å². The van der Waals surface area contributed by atoms with Gasteiger partial charge in [-0.2, -0.15) is 0 Å². The van der Waals surface area contributed by atoms with Crippen molar-refractivity contribution in [2.45, 2.75) is 109 Å². The molecule has 2 heterocycles. The third-order valence-electron chi connectivity index (χ3n) is 13.2. The molecule has 220 valence electrons. The monoisotopic (exact) mass is 552 g/mol. The van der Waals surface area contributed by atoms with Gasteiger partial charge < -0.3 is 24.4 Å². The Balaban J connectivity index is 1.19. The van der Waals surface area contributed by atoms with Crippen molar-refractivity contribution >= 4 is 5.97 Å². The maximum absolute atomic E-state index is 13.3. The fourth-order valence-corrected chi connectivity index (χ4v) is 11.2. The van der Waals surface area contributed by atoms with E-state index in [9.17, 15) is 15.0 Å². The van der Waals surface area contributed by atoms with E-state index in [1.54, 1.807) is 0 Å². The topological polar surface area (TPSA) is 85.2 Å². The molecule has 0 unspecified atom stereocenters. The molecule has 4 saturated carbocycles. The minimum atomic E-state index is -0.768. The van der Waals surface area contributed by atoms with E-state index in [1.165, 1.54) is 0 Å². The van der Waals surface area contributed by atoms with Crippen molar-refractivity contribution in [2.75, 3.05) is 6.61 Å². The van der Waals surface area contributed by atoms with Gasteiger partial charge in [0, 0.05) is 18.3 Å². The summed E-state index contributed by atoms with van der Waals surface area (Å²) < 4.78 is 19.8. The van der Waals surface area contributed by atoms with Crippen LogP contribution in [0.1, 0.15) is 89.4 Å². The van der Waals surface area contributed by atoms with E-state index in [4.69, 9.17) is 14.2 Å². The molecule has 2 N–H and O–H groups in total. The van der Waals surface area contributed by atoms with E-state index in [1.807, 2.05) is 30.3 Å². The SMILES string of the molecule is C[C@H]1CC[C@]2(OC1)O[C@H]1C[C@@H]3[C@H]4C[C@@H](OC(=O)c5ccccc5)[C@@H]5C[C@@H](O)[C@H](O)C[C@]5(C)[C@H]4CC[C@]3(C)[C@H]1[C@@H]2C. The Morgan fingerprint density at radius 3 is 2.42 bits per heavy atom. The molecule has 4 aliphatic carbocycles. The highest BCUT2D eigenvalue weighted by Gasteiger charge is 2.70. The summed E-state index contributed by atoms with van der Waals surface area (Å²) in [6.45, 7) is 10.3. The molecule has 0 aromatic heterocycles. The summed E-state index contributed by atoms with van der Waals surface area (Å²) in [7, 11) is 0. The van der Waals surface area contributed by atoms with Crippen LogP contribution >= 0.6 is 0 Å². The van der Waals surface area contributed by atoms with Gasteiger partial charge in [0.05, 0.1) is 30.5 Å². The number of benzene rings is 1. The largest absolute Gasteiger partial charge is 0.458 e. The van der Waals surface area contributed by atoms with Crippen molar-refractivity contribution in [1.29, 1.82) is 0 Å². The first-order valence-electron chi connectivity index (χ1n) is 16.0. The Morgan fingerprint density at radius 1 is 0.925 bits per heavy atom. The second-order valence-electron chi connectivity index (χ2n) is 15.1.